The molecule has 18 heteroatoms. The Morgan fingerprint density at radius 3 is 2.48 bits per heavy atom. The smallest absolute Gasteiger partial charge is 0.435 e. The second-order valence-corrected chi connectivity index (χ2v) is 11.8. The van der Waals surface area contributed by atoms with Crippen molar-refractivity contribution in [1.82, 2.24) is 39.3 Å². The van der Waals surface area contributed by atoms with E-state index in [2.05, 4.69) is 25.7 Å². The molecule has 48 heavy (non-hydrogen) atoms. The van der Waals surface area contributed by atoms with E-state index in [0.29, 0.717) is 49.3 Å². The zero-order valence-corrected chi connectivity index (χ0v) is 25.8. The topological polar surface area (TPSA) is 174 Å². The van der Waals surface area contributed by atoms with Gasteiger partial charge in [-0.2, -0.15) is 23.5 Å². The number of amides is 2. The first-order chi connectivity index (χ1) is 23.0. The number of aromatic nitrogens is 5. The van der Waals surface area contributed by atoms with Crippen molar-refractivity contribution in [2.45, 2.75) is 12.7 Å². The number of carbonyl (C=O) groups excluding carboxylic acids is 2. The first-order valence-corrected chi connectivity index (χ1v) is 15.2. The zero-order valence-electron chi connectivity index (χ0n) is 25.1. The molecule has 3 aromatic heterocycles. The van der Waals surface area contributed by atoms with E-state index in [1.165, 1.54) is 23.0 Å². The third kappa shape index (κ3) is 6.23. The number of hydrogen-bond donors (Lipinski definition) is 3. The second kappa shape index (κ2) is 13.1. The number of halogens is 4. The highest BCUT2D eigenvalue weighted by molar-refractivity contribution is 6.34. The van der Waals surface area contributed by atoms with E-state index < -0.39 is 11.9 Å². The number of carbonyl (C=O) groups is 3. The monoisotopic (exact) mass is 684 g/mol. The lowest BCUT2D eigenvalue weighted by molar-refractivity contribution is -0.141. The summed E-state index contributed by atoms with van der Waals surface area (Å²) in [7, 11) is 0. The summed E-state index contributed by atoms with van der Waals surface area (Å²) in [6.45, 7) is 3.01. The van der Waals surface area contributed by atoms with Crippen molar-refractivity contribution in [3.8, 4) is 17.3 Å². The lowest BCUT2D eigenvalue weighted by Gasteiger charge is -2.35. The lowest BCUT2D eigenvalue weighted by Crippen LogP contribution is -2.51. The fourth-order valence-electron chi connectivity index (χ4n) is 6.38. The minimum atomic E-state index is -4.75. The number of imidazole rings is 1. The largest absolute Gasteiger partial charge is 0.483 e. The molecule has 4 aromatic rings. The highest BCUT2D eigenvalue weighted by atomic mass is 35.5. The normalized spacial score (nSPS) is 20.0. The van der Waals surface area contributed by atoms with Crippen LogP contribution in [0.25, 0.3) is 16.9 Å². The summed E-state index contributed by atoms with van der Waals surface area (Å²) in [4.78, 5) is 46.7. The molecule has 250 valence electrons. The van der Waals surface area contributed by atoms with E-state index in [1.807, 2.05) is 4.90 Å². The van der Waals surface area contributed by atoms with Crippen LogP contribution in [0.3, 0.4) is 0 Å². The van der Waals surface area contributed by atoms with Gasteiger partial charge in [-0.15, -0.1) is 0 Å². The zero-order chi connectivity index (χ0) is 34.2. The fraction of sp³-hybridized carbons (Fsp3) is 0.367. The summed E-state index contributed by atoms with van der Waals surface area (Å²) >= 11 is 6.55. The number of hydrogen-bond acceptors (Lipinski definition) is 9. The number of alkyl halides is 3. The van der Waals surface area contributed by atoms with Gasteiger partial charge in [0.1, 0.15) is 6.54 Å². The van der Waals surface area contributed by atoms with Crippen molar-refractivity contribution < 1.29 is 32.7 Å². The molecule has 3 aliphatic rings. The number of anilines is 2. The number of piperazine rings is 1. The second-order valence-electron chi connectivity index (χ2n) is 11.4. The average molecular weight is 685 g/mol. The molecule has 1 aliphatic carbocycles. The van der Waals surface area contributed by atoms with Crippen LogP contribution in [0, 0.1) is 29.1 Å². The van der Waals surface area contributed by atoms with Gasteiger partial charge in [-0.3, -0.25) is 23.5 Å². The van der Waals surface area contributed by atoms with Gasteiger partial charge in [0.25, 0.3) is 12.4 Å². The number of fused-ring (bicyclic) bond motifs is 2. The van der Waals surface area contributed by atoms with Crippen LogP contribution < -0.4 is 10.6 Å². The van der Waals surface area contributed by atoms with Gasteiger partial charge in [0.05, 0.1) is 34.1 Å². The number of nitrogens with one attached hydrogen (secondary N) is 2. The van der Waals surface area contributed by atoms with Gasteiger partial charge in [-0.05, 0) is 43.1 Å². The first-order valence-electron chi connectivity index (χ1n) is 14.8. The molecule has 3 atom stereocenters. The average Bonchev–Trinajstić information content (AvgIpc) is 3.47. The maximum atomic E-state index is 13.8. The molecule has 3 fully saturated rings. The van der Waals surface area contributed by atoms with Gasteiger partial charge < -0.3 is 25.5 Å². The number of benzene rings is 1. The Balaban J connectivity index is 0.00000129. The molecular weight excluding hydrogens is 657 g/mol. The summed E-state index contributed by atoms with van der Waals surface area (Å²) in [6.07, 6.45) is 0.569. The molecule has 3 N–H and O–H groups in total. The summed E-state index contributed by atoms with van der Waals surface area (Å²) in [5.41, 5.74) is -0.208. The molecule has 2 saturated heterocycles. The number of rotatable bonds is 6. The Hall–Kier alpha value is -5.21. The highest BCUT2D eigenvalue weighted by Crippen LogP contribution is 2.49. The van der Waals surface area contributed by atoms with Crippen LogP contribution in [0.5, 0.6) is 0 Å². The number of nitrogens with zero attached hydrogens (tertiary/aromatic N) is 8. The maximum Gasteiger partial charge on any atom is 0.435 e. The summed E-state index contributed by atoms with van der Waals surface area (Å²) in [6, 6.07) is 6.60. The SMILES string of the molecule is N#CCn1cc(-c2cnc3c(Nc4ccc(C(=O)N5CCN(C(=O)[C@@H]6[C@@H]7CNC[C@@H]76)CC5)c(Cl)c4)nccn23)c(C(F)(F)F)n1.O=CO. The molecule has 0 bridgehead atoms. The van der Waals surface area contributed by atoms with Crippen molar-refractivity contribution in [2.75, 3.05) is 44.6 Å². The standard InChI is InChI=1S/C29H26ClF3N10O2.CH2O2/c30-21-11-16(1-2-17(21)27(44)40-7-9-41(10-8-40)28(45)23-18-12-35-13-19(18)23)38-25-26-37-14-22(43(26)6-4-36-25)20-15-42(5-3-34)39-24(20)29(31,32)33;2-1-3/h1-2,4,6,11,14-15,18-19,23,35H,5,7-10,12-13H2,(H,36,38);1H,(H,2,3)/t18-,19+,23-;. The van der Waals surface area contributed by atoms with E-state index >= 15 is 0 Å². The quantitative estimate of drug-likeness (QED) is 0.256. The third-order valence-electron chi connectivity index (χ3n) is 8.68. The third-order valence-corrected chi connectivity index (χ3v) is 9.00. The van der Waals surface area contributed by atoms with Crippen LogP contribution in [0.4, 0.5) is 24.7 Å². The van der Waals surface area contributed by atoms with Gasteiger partial charge in [0, 0.05) is 56.4 Å². The minimum absolute atomic E-state index is 0.114. The minimum Gasteiger partial charge on any atom is -0.483 e. The van der Waals surface area contributed by atoms with Gasteiger partial charge in [0.15, 0.2) is 17.2 Å². The molecule has 2 amide bonds. The van der Waals surface area contributed by atoms with Crippen molar-refractivity contribution in [3.63, 3.8) is 0 Å². The van der Waals surface area contributed by atoms with E-state index in [1.54, 1.807) is 29.2 Å². The Morgan fingerprint density at radius 1 is 1.15 bits per heavy atom. The van der Waals surface area contributed by atoms with Crippen LogP contribution in [0.1, 0.15) is 16.1 Å². The van der Waals surface area contributed by atoms with Crippen molar-refractivity contribution in [3.05, 3.63) is 59.3 Å². The molecular formula is C30H28ClF3N10O4. The molecule has 1 aromatic carbocycles. The summed E-state index contributed by atoms with van der Waals surface area (Å²) < 4.78 is 43.6. The van der Waals surface area contributed by atoms with Crippen molar-refractivity contribution >= 4 is 47.0 Å². The maximum absolute atomic E-state index is 13.8. The van der Waals surface area contributed by atoms with Gasteiger partial charge >= 0.3 is 6.18 Å². The molecule has 0 spiro atoms. The molecule has 5 heterocycles. The van der Waals surface area contributed by atoms with Crippen LogP contribution in [0.2, 0.25) is 5.02 Å². The Bertz CT molecular complexity index is 1900. The van der Waals surface area contributed by atoms with Crippen LogP contribution in [-0.4, -0.2) is 96.6 Å². The summed E-state index contributed by atoms with van der Waals surface area (Å²) in [5, 5.41) is 26.0. The fourth-order valence-corrected chi connectivity index (χ4v) is 6.64. The van der Waals surface area contributed by atoms with Gasteiger partial charge in [-0.1, -0.05) is 11.6 Å². The number of piperidine rings is 1. The van der Waals surface area contributed by atoms with Crippen LogP contribution in [-0.2, 0) is 22.3 Å². The van der Waals surface area contributed by atoms with Crippen LogP contribution in [0.15, 0.2) is 43.0 Å². The number of nitriles is 1. The van der Waals surface area contributed by atoms with Crippen molar-refractivity contribution in [1.29, 1.82) is 5.26 Å². The summed E-state index contributed by atoms with van der Waals surface area (Å²) in [5.74, 6) is 1.21. The lowest BCUT2D eigenvalue weighted by atomic mass is 10.1. The van der Waals surface area contributed by atoms with E-state index in [9.17, 15) is 22.8 Å². The molecule has 2 aliphatic heterocycles. The van der Waals surface area contributed by atoms with E-state index in [0.717, 1.165) is 24.0 Å². The van der Waals surface area contributed by atoms with Crippen molar-refractivity contribution in [2.24, 2.45) is 17.8 Å². The predicted molar refractivity (Wildman–Crippen MR) is 164 cm³/mol. The van der Waals surface area contributed by atoms with E-state index in [-0.39, 0.29) is 58.5 Å². The predicted octanol–water partition coefficient (Wildman–Crippen LogP) is 2.98. The van der Waals surface area contributed by atoms with Gasteiger partial charge in [-0.25, -0.2) is 9.97 Å². The van der Waals surface area contributed by atoms with Gasteiger partial charge in [0.2, 0.25) is 5.91 Å². The molecule has 1 saturated carbocycles. The molecule has 0 radical (unpaired) electrons. The highest BCUT2D eigenvalue weighted by Gasteiger charge is 2.58. The Morgan fingerprint density at radius 2 is 1.83 bits per heavy atom. The molecule has 0 unspecified atom stereocenters. The van der Waals surface area contributed by atoms with Crippen LogP contribution >= 0.6 is 11.6 Å². The molecule has 7 rings (SSSR count). The number of carboxylic acid groups (broad SMARTS) is 1. The molecule has 14 nitrogen and oxygen atoms in total. The first kappa shape index (κ1) is 32.7. The van der Waals surface area contributed by atoms with E-state index in [4.69, 9.17) is 26.8 Å². The Kier molecular flexibility index (Phi) is 8.95. The Labute approximate surface area is 275 Å².